The zero-order valence-corrected chi connectivity index (χ0v) is 22.5. The van der Waals surface area contributed by atoms with Gasteiger partial charge in [0.05, 0.1) is 18.2 Å². The Labute approximate surface area is 238 Å². The smallest absolute Gasteiger partial charge is 0.329 e. The number of aliphatic hydroxyl groups is 1. The topological polar surface area (TPSA) is 130 Å². The standard InChI is InChI=1S/C33H32N4O4/c34-31(39)24-13-7-15-26(20-24)36-28(18-17-22-9-3-1-4-10-22)30(38)29(19-23-11-5-2-6-12-23)37(33(36)41)27-16-8-14-25(21-27)32(35)40/h1-16,20-21,28-30,38H,17-19H2,(H2,34,39)(H2,35,40)/t28-,29-,30-/m0/s1. The predicted octanol–water partition coefficient (Wildman–Crippen LogP) is 4.30. The summed E-state index contributed by atoms with van der Waals surface area (Å²) in [7, 11) is 0. The Kier molecular flexibility index (Phi) is 8.12. The molecule has 0 saturated carbocycles. The van der Waals surface area contributed by atoms with Gasteiger partial charge in [0, 0.05) is 22.5 Å². The van der Waals surface area contributed by atoms with Crippen LogP contribution in [-0.4, -0.2) is 41.1 Å². The third kappa shape index (κ3) is 5.97. The average Bonchev–Trinajstić information content (AvgIpc) is 2.99. The van der Waals surface area contributed by atoms with Gasteiger partial charge in [-0.3, -0.25) is 19.4 Å². The van der Waals surface area contributed by atoms with Crippen molar-refractivity contribution in [3.63, 3.8) is 0 Å². The van der Waals surface area contributed by atoms with E-state index in [2.05, 4.69) is 0 Å². The van der Waals surface area contributed by atoms with Gasteiger partial charge >= 0.3 is 6.03 Å². The van der Waals surface area contributed by atoms with E-state index in [9.17, 15) is 19.5 Å². The number of aliphatic hydroxyl groups excluding tert-OH is 1. The van der Waals surface area contributed by atoms with E-state index < -0.39 is 36.0 Å². The molecule has 4 aromatic rings. The van der Waals surface area contributed by atoms with Gasteiger partial charge in [-0.05, 0) is 66.8 Å². The highest BCUT2D eigenvalue weighted by molar-refractivity contribution is 6.07. The molecule has 8 nitrogen and oxygen atoms in total. The molecule has 3 atom stereocenters. The molecule has 5 rings (SSSR count). The molecule has 0 radical (unpaired) electrons. The van der Waals surface area contributed by atoms with E-state index in [-0.39, 0.29) is 11.1 Å². The van der Waals surface area contributed by atoms with Crippen LogP contribution in [0.5, 0.6) is 0 Å². The molecule has 0 aliphatic carbocycles. The lowest BCUT2D eigenvalue weighted by atomic mass is 9.87. The Morgan fingerprint density at radius 3 is 1.66 bits per heavy atom. The molecular weight excluding hydrogens is 516 g/mol. The lowest BCUT2D eigenvalue weighted by molar-refractivity contribution is 0.0957. The monoisotopic (exact) mass is 548 g/mol. The number of amides is 4. The largest absolute Gasteiger partial charge is 0.389 e. The minimum atomic E-state index is -0.994. The molecule has 8 heteroatoms. The molecular formula is C33H32N4O4. The SMILES string of the molecule is NC(=O)c1cccc(N2C(=O)N(c3cccc(C(N)=O)c3)[C@@H](Cc3ccccc3)[C@@H](O)[C@@H]2CCc2ccccc2)c1. The fraction of sp³-hybridized carbons (Fsp3) is 0.182. The first-order valence-corrected chi connectivity index (χ1v) is 13.5. The van der Waals surface area contributed by atoms with Crippen LogP contribution >= 0.6 is 0 Å². The lowest BCUT2D eigenvalue weighted by Gasteiger charge is -2.49. The molecule has 0 spiro atoms. The number of nitrogens with two attached hydrogens (primary N) is 2. The van der Waals surface area contributed by atoms with Crippen LogP contribution in [0.4, 0.5) is 16.2 Å². The van der Waals surface area contributed by atoms with Crippen LogP contribution < -0.4 is 21.3 Å². The van der Waals surface area contributed by atoms with E-state index in [0.29, 0.717) is 30.6 Å². The van der Waals surface area contributed by atoms with Crippen molar-refractivity contribution in [1.29, 1.82) is 0 Å². The summed E-state index contributed by atoms with van der Waals surface area (Å²) >= 11 is 0. The number of hydrogen-bond acceptors (Lipinski definition) is 4. The summed E-state index contributed by atoms with van der Waals surface area (Å²) in [5.74, 6) is -1.24. The molecule has 1 heterocycles. The van der Waals surface area contributed by atoms with Gasteiger partial charge in [-0.1, -0.05) is 72.8 Å². The highest BCUT2D eigenvalue weighted by Gasteiger charge is 2.47. The number of rotatable bonds is 9. The molecule has 0 aromatic heterocycles. The number of anilines is 2. The van der Waals surface area contributed by atoms with Crippen molar-refractivity contribution < 1.29 is 19.5 Å². The molecule has 208 valence electrons. The van der Waals surface area contributed by atoms with Crippen molar-refractivity contribution in [2.75, 3.05) is 9.80 Å². The average molecular weight is 549 g/mol. The van der Waals surface area contributed by atoms with Crippen molar-refractivity contribution in [2.24, 2.45) is 11.5 Å². The van der Waals surface area contributed by atoms with Crippen molar-refractivity contribution in [3.8, 4) is 0 Å². The van der Waals surface area contributed by atoms with Gasteiger partial charge in [-0.15, -0.1) is 0 Å². The summed E-state index contributed by atoms with van der Waals surface area (Å²) in [4.78, 5) is 41.7. The van der Waals surface area contributed by atoms with E-state index in [0.717, 1.165) is 11.1 Å². The van der Waals surface area contributed by atoms with Gasteiger partial charge in [-0.2, -0.15) is 0 Å². The van der Waals surface area contributed by atoms with Crippen LogP contribution in [0.1, 0.15) is 38.3 Å². The maximum atomic E-state index is 14.6. The number of urea groups is 1. The number of hydrogen-bond donors (Lipinski definition) is 3. The molecule has 41 heavy (non-hydrogen) atoms. The normalized spacial score (nSPS) is 18.8. The second-order valence-corrected chi connectivity index (χ2v) is 10.2. The summed E-state index contributed by atoms with van der Waals surface area (Å²) in [6.07, 6.45) is 0.479. The highest BCUT2D eigenvalue weighted by Crippen LogP contribution is 2.36. The van der Waals surface area contributed by atoms with Gasteiger partial charge in [0.25, 0.3) is 0 Å². The Morgan fingerprint density at radius 1 is 0.659 bits per heavy atom. The van der Waals surface area contributed by atoms with Crippen molar-refractivity contribution >= 4 is 29.2 Å². The van der Waals surface area contributed by atoms with Crippen LogP contribution in [0.3, 0.4) is 0 Å². The van der Waals surface area contributed by atoms with Crippen molar-refractivity contribution in [2.45, 2.75) is 37.5 Å². The third-order valence-electron chi connectivity index (χ3n) is 7.54. The van der Waals surface area contributed by atoms with Gasteiger partial charge < -0.3 is 16.6 Å². The van der Waals surface area contributed by atoms with E-state index in [1.807, 2.05) is 60.7 Å². The molecule has 1 aliphatic heterocycles. The Bertz CT molecular complexity index is 1540. The van der Waals surface area contributed by atoms with E-state index >= 15 is 0 Å². The molecule has 1 aliphatic rings. The second-order valence-electron chi connectivity index (χ2n) is 10.2. The minimum Gasteiger partial charge on any atom is -0.389 e. The number of aryl methyl sites for hydroxylation is 1. The maximum absolute atomic E-state index is 14.6. The first-order valence-electron chi connectivity index (χ1n) is 13.5. The number of carbonyl (C=O) groups is 3. The Hall–Kier alpha value is -4.95. The summed E-state index contributed by atoms with van der Waals surface area (Å²) in [6.45, 7) is 0. The summed E-state index contributed by atoms with van der Waals surface area (Å²) < 4.78 is 0. The van der Waals surface area contributed by atoms with Gasteiger partial charge in [-0.25, -0.2) is 4.79 Å². The van der Waals surface area contributed by atoms with E-state index in [4.69, 9.17) is 11.5 Å². The first kappa shape index (κ1) is 27.6. The van der Waals surface area contributed by atoms with Crippen LogP contribution in [0.25, 0.3) is 0 Å². The second kappa shape index (κ2) is 12.1. The van der Waals surface area contributed by atoms with Gasteiger partial charge in [0.2, 0.25) is 11.8 Å². The molecule has 5 N–H and O–H groups in total. The summed E-state index contributed by atoms with van der Waals surface area (Å²) in [5.41, 5.74) is 14.5. The number of primary amides is 2. The molecule has 1 fully saturated rings. The van der Waals surface area contributed by atoms with Crippen LogP contribution in [0.15, 0.2) is 109 Å². The quantitative estimate of drug-likeness (QED) is 0.288. The molecule has 0 unspecified atom stereocenters. The molecule has 1 saturated heterocycles. The Morgan fingerprint density at radius 2 is 1.15 bits per heavy atom. The first-order chi connectivity index (χ1) is 19.8. The predicted molar refractivity (Wildman–Crippen MR) is 159 cm³/mol. The lowest BCUT2D eigenvalue weighted by Crippen LogP contribution is -2.67. The highest BCUT2D eigenvalue weighted by atomic mass is 16.3. The fourth-order valence-corrected chi connectivity index (χ4v) is 5.51. The van der Waals surface area contributed by atoms with Crippen LogP contribution in [0, 0.1) is 0 Å². The molecule has 4 amide bonds. The zero-order chi connectivity index (χ0) is 28.9. The van der Waals surface area contributed by atoms with Crippen molar-refractivity contribution in [3.05, 3.63) is 131 Å². The molecule has 4 aromatic carbocycles. The third-order valence-corrected chi connectivity index (χ3v) is 7.54. The Balaban J connectivity index is 1.63. The van der Waals surface area contributed by atoms with E-state index in [1.54, 1.807) is 53.4 Å². The number of nitrogens with zero attached hydrogens (tertiary/aromatic N) is 2. The van der Waals surface area contributed by atoms with Gasteiger partial charge in [0.1, 0.15) is 0 Å². The fourth-order valence-electron chi connectivity index (χ4n) is 5.51. The van der Waals surface area contributed by atoms with Gasteiger partial charge in [0.15, 0.2) is 0 Å². The van der Waals surface area contributed by atoms with Crippen molar-refractivity contribution in [1.82, 2.24) is 0 Å². The maximum Gasteiger partial charge on any atom is 0.329 e. The summed E-state index contributed by atoms with van der Waals surface area (Å²) in [6, 6.07) is 30.9. The van der Waals surface area contributed by atoms with Crippen LogP contribution in [0.2, 0.25) is 0 Å². The molecule has 0 bridgehead atoms. The van der Waals surface area contributed by atoms with Crippen LogP contribution in [-0.2, 0) is 12.8 Å². The number of benzene rings is 4. The number of carbonyl (C=O) groups excluding carboxylic acids is 3. The summed E-state index contributed by atoms with van der Waals surface area (Å²) in [5, 5.41) is 12.1. The zero-order valence-electron chi connectivity index (χ0n) is 22.5. The van der Waals surface area contributed by atoms with E-state index in [1.165, 1.54) is 4.90 Å². The minimum absolute atomic E-state index is 0.247.